The zero-order valence-electron chi connectivity index (χ0n) is 25.2. The van der Waals surface area contributed by atoms with Gasteiger partial charge in [0, 0.05) is 33.5 Å². The number of carbonyl (C=O) groups is 3. The van der Waals surface area contributed by atoms with Crippen molar-refractivity contribution in [2.45, 2.75) is 32.2 Å². The summed E-state index contributed by atoms with van der Waals surface area (Å²) in [6.45, 7) is 9.64. The van der Waals surface area contributed by atoms with Crippen molar-refractivity contribution in [3.63, 3.8) is 0 Å². The third kappa shape index (κ3) is 11.8. The van der Waals surface area contributed by atoms with Gasteiger partial charge < -0.3 is 33.2 Å². The first-order valence-corrected chi connectivity index (χ1v) is 15.3. The number of hydrogen-bond donors (Lipinski definition) is 0. The van der Waals surface area contributed by atoms with E-state index < -0.39 is 30.3 Å². The van der Waals surface area contributed by atoms with Crippen LogP contribution in [0.1, 0.15) is 30.1 Å². The number of benzene rings is 2. The summed E-state index contributed by atoms with van der Waals surface area (Å²) in [4.78, 5) is 48.7. The molecule has 2 atom stereocenters. The lowest BCUT2D eigenvalue weighted by molar-refractivity contribution is -0.186. The summed E-state index contributed by atoms with van der Waals surface area (Å²) in [6.07, 6.45) is 2.02. The molecular formula is C33H38O11S. The van der Waals surface area contributed by atoms with Crippen molar-refractivity contribution in [1.82, 2.24) is 0 Å². The van der Waals surface area contributed by atoms with Gasteiger partial charge in [0.1, 0.15) is 19.3 Å². The van der Waals surface area contributed by atoms with E-state index in [4.69, 9.17) is 33.2 Å². The molecule has 11 nitrogen and oxygen atoms in total. The second-order valence-corrected chi connectivity index (χ2v) is 10.6. The lowest BCUT2D eigenvalue weighted by atomic mass is 10.1. The van der Waals surface area contributed by atoms with E-state index in [1.165, 1.54) is 11.3 Å². The Morgan fingerprint density at radius 2 is 1.47 bits per heavy atom. The highest BCUT2D eigenvalue weighted by atomic mass is 32.1. The third-order valence-electron chi connectivity index (χ3n) is 6.23. The van der Waals surface area contributed by atoms with Gasteiger partial charge in [-0.25, -0.2) is 14.4 Å². The summed E-state index contributed by atoms with van der Waals surface area (Å²) in [6, 6.07) is 12.4. The maximum absolute atomic E-state index is 13.3. The van der Waals surface area contributed by atoms with Crippen LogP contribution >= 0.6 is 11.3 Å². The van der Waals surface area contributed by atoms with Crippen molar-refractivity contribution in [3.8, 4) is 0 Å². The number of carbonyl (C=O) groups excluding carboxylic acids is 3. The minimum absolute atomic E-state index is 0.0909. The van der Waals surface area contributed by atoms with Gasteiger partial charge in [0.2, 0.25) is 0 Å². The summed E-state index contributed by atoms with van der Waals surface area (Å²) in [5.41, 5.74) is -0.0571. The highest BCUT2D eigenvalue weighted by Gasteiger charge is 2.21. The molecule has 0 N–H and O–H groups in total. The molecule has 1 aromatic heterocycles. The Bertz CT molecular complexity index is 1500. The standard InChI is InChI=1S/C33H38O11S/c1-4-29(34)41-16-9-8-15-39-21-24(44-23(3)40-19-17-38-18-20-42-30(35)5-2)22-43-33(37)26-12-10-14-28-31(26)32(36)25-11-6-7-13-27(25)45-28/h4-7,10-14,23-24H,1-2,8-9,15-22H2,3H3. The largest absolute Gasteiger partial charge is 0.463 e. The van der Waals surface area contributed by atoms with Crippen LogP contribution in [0, 0.1) is 0 Å². The van der Waals surface area contributed by atoms with Gasteiger partial charge in [0.15, 0.2) is 11.7 Å². The molecule has 2 unspecified atom stereocenters. The van der Waals surface area contributed by atoms with Gasteiger partial charge in [0.05, 0.1) is 44.0 Å². The summed E-state index contributed by atoms with van der Waals surface area (Å²) in [5, 5.41) is 0.852. The van der Waals surface area contributed by atoms with Crippen molar-refractivity contribution >= 4 is 49.4 Å². The second kappa shape index (κ2) is 19.4. The predicted octanol–water partition coefficient (Wildman–Crippen LogP) is 4.59. The normalized spacial score (nSPS) is 12.4. The highest BCUT2D eigenvalue weighted by molar-refractivity contribution is 7.24. The Morgan fingerprint density at radius 1 is 0.778 bits per heavy atom. The van der Waals surface area contributed by atoms with E-state index in [-0.39, 0.29) is 57.2 Å². The molecule has 0 aliphatic heterocycles. The number of unbranched alkanes of at least 4 members (excludes halogenated alkanes) is 1. The van der Waals surface area contributed by atoms with Crippen molar-refractivity contribution in [3.05, 3.63) is 83.6 Å². The first-order chi connectivity index (χ1) is 21.8. The average molecular weight is 643 g/mol. The Kier molecular flexibility index (Phi) is 15.4. The molecule has 0 saturated carbocycles. The number of rotatable bonds is 21. The van der Waals surface area contributed by atoms with E-state index in [1.54, 1.807) is 37.3 Å². The fraction of sp³-hybridized carbons (Fsp3) is 0.394. The highest BCUT2D eigenvalue weighted by Crippen LogP contribution is 2.27. The Morgan fingerprint density at radius 3 is 2.24 bits per heavy atom. The van der Waals surface area contributed by atoms with E-state index in [1.807, 2.05) is 12.1 Å². The number of ether oxygens (including phenoxy) is 7. The van der Waals surface area contributed by atoms with Crippen LogP contribution in [0.25, 0.3) is 20.2 Å². The maximum Gasteiger partial charge on any atom is 0.339 e. The Hall–Kier alpha value is -3.94. The lowest BCUT2D eigenvalue weighted by Crippen LogP contribution is -2.32. The molecule has 0 aliphatic rings. The van der Waals surface area contributed by atoms with Crippen LogP contribution in [0.3, 0.4) is 0 Å². The Labute approximate surface area is 265 Å². The van der Waals surface area contributed by atoms with Crippen molar-refractivity contribution in [1.29, 1.82) is 0 Å². The van der Waals surface area contributed by atoms with Crippen molar-refractivity contribution in [2.24, 2.45) is 0 Å². The second-order valence-electron chi connectivity index (χ2n) is 9.54. The molecule has 2 aromatic carbocycles. The molecular weight excluding hydrogens is 604 g/mol. The summed E-state index contributed by atoms with van der Waals surface area (Å²) < 4.78 is 39.7. The molecule has 0 fully saturated rings. The first kappa shape index (κ1) is 35.5. The van der Waals surface area contributed by atoms with Gasteiger partial charge >= 0.3 is 17.9 Å². The summed E-state index contributed by atoms with van der Waals surface area (Å²) in [5.74, 6) is -1.66. The first-order valence-electron chi connectivity index (χ1n) is 14.5. The van der Waals surface area contributed by atoms with Crippen molar-refractivity contribution < 1.29 is 47.5 Å². The van der Waals surface area contributed by atoms with E-state index >= 15 is 0 Å². The third-order valence-corrected chi connectivity index (χ3v) is 7.36. The molecule has 3 aromatic rings. The van der Waals surface area contributed by atoms with Crippen LogP contribution < -0.4 is 5.43 Å². The smallest absolute Gasteiger partial charge is 0.339 e. The van der Waals surface area contributed by atoms with Crippen LogP contribution in [-0.2, 0) is 42.7 Å². The van der Waals surface area contributed by atoms with Gasteiger partial charge in [-0.2, -0.15) is 0 Å². The fourth-order valence-corrected chi connectivity index (χ4v) is 5.19. The molecule has 0 spiro atoms. The summed E-state index contributed by atoms with van der Waals surface area (Å²) >= 11 is 1.43. The molecule has 0 amide bonds. The van der Waals surface area contributed by atoms with Crippen LogP contribution in [0.4, 0.5) is 0 Å². The molecule has 0 saturated heterocycles. The zero-order chi connectivity index (χ0) is 32.4. The van der Waals surface area contributed by atoms with E-state index in [0.717, 1.165) is 16.9 Å². The number of esters is 3. The van der Waals surface area contributed by atoms with E-state index in [9.17, 15) is 19.2 Å². The molecule has 12 heteroatoms. The molecule has 1 heterocycles. The quantitative estimate of drug-likeness (QED) is 0.0404. The van der Waals surface area contributed by atoms with E-state index in [0.29, 0.717) is 34.9 Å². The van der Waals surface area contributed by atoms with Gasteiger partial charge in [0.25, 0.3) is 0 Å². The number of fused-ring (bicyclic) bond motifs is 2. The van der Waals surface area contributed by atoms with Gasteiger partial charge in [-0.3, -0.25) is 4.79 Å². The predicted molar refractivity (Wildman–Crippen MR) is 169 cm³/mol. The minimum Gasteiger partial charge on any atom is -0.463 e. The van der Waals surface area contributed by atoms with Crippen LogP contribution in [0.2, 0.25) is 0 Å². The van der Waals surface area contributed by atoms with Crippen LogP contribution in [-0.4, -0.2) is 83.2 Å². The average Bonchev–Trinajstić information content (AvgIpc) is 3.05. The van der Waals surface area contributed by atoms with Gasteiger partial charge in [-0.15, -0.1) is 11.3 Å². The zero-order valence-corrected chi connectivity index (χ0v) is 26.1. The van der Waals surface area contributed by atoms with Crippen LogP contribution in [0.15, 0.2) is 72.6 Å². The fourth-order valence-electron chi connectivity index (χ4n) is 4.09. The molecule has 45 heavy (non-hydrogen) atoms. The maximum atomic E-state index is 13.3. The van der Waals surface area contributed by atoms with Gasteiger partial charge in [-0.05, 0) is 44.0 Å². The monoisotopic (exact) mass is 642 g/mol. The SMILES string of the molecule is C=CC(=O)OCCCCOCC(COC(=O)c1cccc2sc3ccccc3c(=O)c12)OC(C)OCCOCCOC(=O)C=C. The van der Waals surface area contributed by atoms with Crippen molar-refractivity contribution in [2.75, 3.05) is 52.9 Å². The molecule has 0 aliphatic carbocycles. The number of hydrogen-bond acceptors (Lipinski definition) is 12. The lowest BCUT2D eigenvalue weighted by Gasteiger charge is -2.23. The summed E-state index contributed by atoms with van der Waals surface area (Å²) in [7, 11) is 0. The topological polar surface area (TPSA) is 133 Å². The van der Waals surface area contributed by atoms with E-state index in [2.05, 4.69) is 13.2 Å². The molecule has 3 rings (SSSR count). The molecule has 0 bridgehead atoms. The van der Waals surface area contributed by atoms with Gasteiger partial charge in [-0.1, -0.05) is 31.4 Å². The molecule has 0 radical (unpaired) electrons. The minimum atomic E-state index is -0.697. The van der Waals surface area contributed by atoms with Crippen LogP contribution in [0.5, 0.6) is 0 Å². The molecule has 242 valence electrons. The Balaban J connectivity index is 1.56.